The number of likely N-dealkylation sites (tertiary alicyclic amines) is 1. The number of aromatic nitrogens is 1. The minimum atomic E-state index is -0.101. The summed E-state index contributed by atoms with van der Waals surface area (Å²) in [5.74, 6) is 0.537. The Labute approximate surface area is 135 Å². The van der Waals surface area contributed by atoms with E-state index >= 15 is 0 Å². The van der Waals surface area contributed by atoms with Crippen molar-refractivity contribution in [1.82, 2.24) is 9.88 Å². The van der Waals surface area contributed by atoms with E-state index in [-0.39, 0.29) is 24.4 Å². The molecule has 5 nitrogen and oxygen atoms in total. The van der Waals surface area contributed by atoms with Gasteiger partial charge in [0.25, 0.3) is 0 Å². The van der Waals surface area contributed by atoms with E-state index in [4.69, 9.17) is 10.5 Å². The zero-order valence-corrected chi connectivity index (χ0v) is 13.8. The van der Waals surface area contributed by atoms with E-state index in [1.54, 1.807) is 0 Å². The maximum absolute atomic E-state index is 12.1. The summed E-state index contributed by atoms with van der Waals surface area (Å²) in [4.78, 5) is 19.6. The average molecular weight is 332 g/mol. The Morgan fingerprint density at radius 2 is 2.29 bits per heavy atom. The number of esters is 1. The van der Waals surface area contributed by atoms with Crippen molar-refractivity contribution in [3.63, 3.8) is 0 Å². The predicted octanol–water partition coefficient (Wildman–Crippen LogP) is 2.45. The van der Waals surface area contributed by atoms with Crippen LogP contribution in [0.1, 0.15) is 37.0 Å². The fourth-order valence-corrected chi connectivity index (χ4v) is 4.42. The average Bonchev–Trinajstić information content (AvgIpc) is 3.03. The molecule has 2 aliphatic rings. The van der Waals surface area contributed by atoms with E-state index in [0.29, 0.717) is 17.1 Å². The van der Waals surface area contributed by atoms with Gasteiger partial charge in [0.15, 0.2) is 5.13 Å². The Hall–Kier alpha value is -0.850. The topological polar surface area (TPSA) is 68.5 Å². The fourth-order valence-electron chi connectivity index (χ4n) is 3.72. The number of halogens is 1. The molecule has 1 saturated heterocycles. The highest BCUT2D eigenvalue weighted by molar-refractivity contribution is 7.15. The second-order valence-electron chi connectivity index (χ2n) is 5.72. The van der Waals surface area contributed by atoms with Crippen LogP contribution in [0.5, 0.6) is 0 Å². The smallest absolute Gasteiger partial charge is 0.323 e. The molecule has 21 heavy (non-hydrogen) atoms. The summed E-state index contributed by atoms with van der Waals surface area (Å²) in [7, 11) is 1.48. The highest BCUT2D eigenvalue weighted by Crippen LogP contribution is 2.41. The normalized spacial score (nSPS) is 28.7. The van der Waals surface area contributed by atoms with Crippen LogP contribution in [0.2, 0.25) is 0 Å². The van der Waals surface area contributed by atoms with Crippen LogP contribution in [0.4, 0.5) is 5.13 Å². The maximum Gasteiger partial charge on any atom is 0.323 e. The molecule has 0 bridgehead atoms. The van der Waals surface area contributed by atoms with Crippen molar-refractivity contribution in [2.24, 2.45) is 5.92 Å². The fraction of sp³-hybridized carbons (Fsp3) is 0.714. The molecule has 1 saturated carbocycles. The number of hydrogen-bond donors (Lipinski definition) is 1. The highest BCUT2D eigenvalue weighted by Gasteiger charge is 2.45. The third-order valence-electron chi connectivity index (χ3n) is 4.60. The summed E-state index contributed by atoms with van der Waals surface area (Å²) in [6, 6.07) is 0.410. The Balaban J connectivity index is 0.00000161. The van der Waals surface area contributed by atoms with Crippen molar-refractivity contribution in [3.05, 3.63) is 11.1 Å². The molecule has 1 aromatic heterocycles. The molecule has 2 heterocycles. The lowest BCUT2D eigenvalue weighted by Crippen LogP contribution is -2.42. The van der Waals surface area contributed by atoms with Crippen LogP contribution in [0, 0.1) is 5.92 Å². The van der Waals surface area contributed by atoms with Gasteiger partial charge in [0.05, 0.1) is 7.11 Å². The SMILES string of the molecule is COC(=O)C1CC2CCCCC2N1Cc1cnc(N)s1.Cl. The molecule has 1 aromatic rings. The second kappa shape index (κ2) is 6.94. The molecule has 2 N–H and O–H groups in total. The zero-order valence-electron chi connectivity index (χ0n) is 12.2. The number of carbonyl (C=O) groups excluding carboxylic acids is 1. The van der Waals surface area contributed by atoms with Gasteiger partial charge in [-0.05, 0) is 25.2 Å². The van der Waals surface area contributed by atoms with Crippen molar-refractivity contribution in [1.29, 1.82) is 0 Å². The van der Waals surface area contributed by atoms with Gasteiger partial charge in [-0.1, -0.05) is 12.8 Å². The van der Waals surface area contributed by atoms with E-state index in [2.05, 4.69) is 9.88 Å². The van der Waals surface area contributed by atoms with Gasteiger partial charge >= 0.3 is 5.97 Å². The number of nitrogens with zero attached hydrogens (tertiary/aromatic N) is 2. The number of hydrogen-bond acceptors (Lipinski definition) is 6. The summed E-state index contributed by atoms with van der Waals surface area (Å²) in [5.41, 5.74) is 5.70. The minimum absolute atomic E-state index is 0. The monoisotopic (exact) mass is 331 g/mol. The van der Waals surface area contributed by atoms with Crippen molar-refractivity contribution < 1.29 is 9.53 Å². The van der Waals surface area contributed by atoms with Gasteiger partial charge in [0, 0.05) is 23.7 Å². The lowest BCUT2D eigenvalue weighted by atomic mass is 9.85. The standard InChI is InChI=1S/C14H21N3O2S.ClH/c1-19-13(18)12-6-9-4-2-3-5-11(9)17(12)8-10-7-16-14(15)20-10;/h7,9,11-12H,2-6,8H2,1H3,(H2,15,16);1H. The highest BCUT2D eigenvalue weighted by atomic mass is 35.5. The molecule has 0 spiro atoms. The molecular formula is C14H22ClN3O2S. The number of fused-ring (bicyclic) bond motifs is 1. The molecule has 0 amide bonds. The Kier molecular flexibility index (Phi) is 5.46. The van der Waals surface area contributed by atoms with Gasteiger partial charge in [0.2, 0.25) is 0 Å². The van der Waals surface area contributed by atoms with Crippen molar-refractivity contribution >= 4 is 34.8 Å². The lowest BCUT2D eigenvalue weighted by Gasteiger charge is -2.32. The van der Waals surface area contributed by atoms with E-state index < -0.39 is 0 Å². The number of nitrogen functional groups attached to an aromatic ring is 1. The van der Waals surface area contributed by atoms with Crippen LogP contribution in [-0.4, -0.2) is 35.0 Å². The number of anilines is 1. The van der Waals surface area contributed by atoms with Gasteiger partial charge in [-0.15, -0.1) is 23.7 Å². The van der Waals surface area contributed by atoms with E-state index in [1.807, 2.05) is 6.20 Å². The number of carbonyl (C=O) groups is 1. The molecule has 1 aliphatic heterocycles. The molecule has 3 unspecified atom stereocenters. The molecule has 0 aromatic carbocycles. The molecular weight excluding hydrogens is 310 g/mol. The van der Waals surface area contributed by atoms with Crippen molar-refractivity contribution in [2.75, 3.05) is 12.8 Å². The molecule has 3 rings (SSSR count). The van der Waals surface area contributed by atoms with Crippen LogP contribution >= 0.6 is 23.7 Å². The van der Waals surface area contributed by atoms with Gasteiger partial charge in [-0.3, -0.25) is 9.69 Å². The van der Waals surface area contributed by atoms with Gasteiger partial charge in [0.1, 0.15) is 6.04 Å². The number of rotatable bonds is 3. The first-order valence-corrected chi connectivity index (χ1v) is 8.04. The van der Waals surface area contributed by atoms with Crippen LogP contribution < -0.4 is 5.73 Å². The summed E-state index contributed by atoms with van der Waals surface area (Å²) < 4.78 is 5.00. The van der Waals surface area contributed by atoms with Gasteiger partial charge in [-0.2, -0.15) is 0 Å². The second-order valence-corrected chi connectivity index (χ2v) is 6.87. The van der Waals surface area contributed by atoms with Gasteiger partial charge < -0.3 is 10.5 Å². The van der Waals surface area contributed by atoms with Crippen LogP contribution in [0.15, 0.2) is 6.20 Å². The number of thiazole rings is 1. The quantitative estimate of drug-likeness (QED) is 0.862. The molecule has 0 radical (unpaired) electrons. The van der Waals surface area contributed by atoms with Crippen molar-refractivity contribution in [2.45, 2.75) is 50.7 Å². The van der Waals surface area contributed by atoms with E-state index in [0.717, 1.165) is 17.8 Å². The Morgan fingerprint density at radius 3 is 2.95 bits per heavy atom. The minimum Gasteiger partial charge on any atom is -0.468 e. The van der Waals surface area contributed by atoms with Gasteiger partial charge in [-0.25, -0.2) is 4.98 Å². The number of methoxy groups -OCH3 is 1. The summed E-state index contributed by atoms with van der Waals surface area (Å²) in [6.45, 7) is 0.760. The van der Waals surface area contributed by atoms with Crippen molar-refractivity contribution in [3.8, 4) is 0 Å². The predicted molar refractivity (Wildman–Crippen MR) is 85.5 cm³/mol. The first-order valence-electron chi connectivity index (χ1n) is 7.23. The summed E-state index contributed by atoms with van der Waals surface area (Å²) in [5, 5.41) is 0.592. The maximum atomic E-state index is 12.1. The zero-order chi connectivity index (χ0) is 14.1. The summed E-state index contributed by atoms with van der Waals surface area (Å²) in [6.07, 6.45) is 7.73. The Morgan fingerprint density at radius 1 is 1.52 bits per heavy atom. The molecule has 1 aliphatic carbocycles. The Bertz CT molecular complexity index is 496. The van der Waals surface area contributed by atoms with Crippen LogP contribution in [0.3, 0.4) is 0 Å². The summed E-state index contributed by atoms with van der Waals surface area (Å²) >= 11 is 1.51. The molecule has 118 valence electrons. The lowest BCUT2D eigenvalue weighted by molar-refractivity contribution is -0.146. The van der Waals surface area contributed by atoms with Crippen LogP contribution in [-0.2, 0) is 16.1 Å². The molecule has 2 fully saturated rings. The van der Waals surface area contributed by atoms with E-state index in [9.17, 15) is 4.79 Å². The molecule has 7 heteroatoms. The first kappa shape index (κ1) is 16.5. The number of nitrogens with two attached hydrogens (primary N) is 1. The molecule has 3 atom stereocenters. The number of ether oxygens (including phenoxy) is 1. The third-order valence-corrected chi connectivity index (χ3v) is 5.42. The third kappa shape index (κ3) is 3.33. The van der Waals surface area contributed by atoms with E-state index in [1.165, 1.54) is 44.1 Å². The largest absolute Gasteiger partial charge is 0.468 e. The first-order chi connectivity index (χ1) is 9.69. The van der Waals surface area contributed by atoms with Crippen LogP contribution in [0.25, 0.3) is 0 Å².